The summed E-state index contributed by atoms with van der Waals surface area (Å²) in [6, 6.07) is 6.27. The van der Waals surface area contributed by atoms with Crippen molar-refractivity contribution in [2.75, 3.05) is 25.0 Å². The Morgan fingerprint density at radius 3 is 2.79 bits per heavy atom. The summed E-state index contributed by atoms with van der Waals surface area (Å²) in [7, 11) is 0. The number of amides is 1. The normalized spacial score (nSPS) is 25.5. The lowest BCUT2D eigenvalue weighted by Gasteiger charge is -2.43. The SMILES string of the molecule is O=C(Nc1ccc(F)cc1-c1ccsc1)OC1CN2CCC1CC2. The lowest BCUT2D eigenvalue weighted by atomic mass is 9.86. The Hall–Kier alpha value is -1.92. The molecule has 2 bridgehead atoms. The average molecular weight is 346 g/mol. The fraction of sp³-hybridized carbons (Fsp3) is 0.389. The van der Waals surface area contributed by atoms with Crippen molar-refractivity contribution in [1.29, 1.82) is 0 Å². The summed E-state index contributed by atoms with van der Waals surface area (Å²) in [5.41, 5.74) is 2.13. The van der Waals surface area contributed by atoms with Crippen molar-refractivity contribution in [3.63, 3.8) is 0 Å². The summed E-state index contributed by atoms with van der Waals surface area (Å²) in [5.74, 6) is 0.137. The third-order valence-corrected chi connectivity index (χ3v) is 5.59. The number of thiophene rings is 1. The molecule has 2 aromatic rings. The van der Waals surface area contributed by atoms with E-state index in [1.807, 2.05) is 16.8 Å². The van der Waals surface area contributed by atoms with Crippen LogP contribution >= 0.6 is 11.3 Å². The van der Waals surface area contributed by atoms with Crippen LogP contribution in [0.25, 0.3) is 11.1 Å². The average Bonchev–Trinajstić information content (AvgIpc) is 3.12. The summed E-state index contributed by atoms with van der Waals surface area (Å²) >= 11 is 1.53. The molecule has 1 N–H and O–H groups in total. The van der Waals surface area contributed by atoms with E-state index in [2.05, 4.69) is 10.2 Å². The molecular weight excluding hydrogens is 327 g/mol. The molecule has 0 radical (unpaired) electrons. The third kappa shape index (κ3) is 3.16. The first-order chi connectivity index (χ1) is 11.7. The number of nitrogens with zero attached hydrogens (tertiary/aromatic N) is 1. The molecule has 1 aromatic carbocycles. The zero-order valence-corrected chi connectivity index (χ0v) is 14.0. The third-order valence-electron chi connectivity index (χ3n) is 4.91. The second-order valence-electron chi connectivity index (χ2n) is 6.41. The van der Waals surface area contributed by atoms with Gasteiger partial charge in [-0.25, -0.2) is 9.18 Å². The summed E-state index contributed by atoms with van der Waals surface area (Å²) in [6.07, 6.45) is 1.68. The van der Waals surface area contributed by atoms with Crippen molar-refractivity contribution in [1.82, 2.24) is 4.90 Å². The molecule has 24 heavy (non-hydrogen) atoms. The van der Waals surface area contributed by atoms with Crippen molar-refractivity contribution >= 4 is 23.1 Å². The molecule has 1 aromatic heterocycles. The molecule has 126 valence electrons. The predicted octanol–water partition coefficient (Wildman–Crippen LogP) is 4.20. The Kier molecular flexibility index (Phi) is 4.24. The van der Waals surface area contributed by atoms with Gasteiger partial charge in [0.05, 0.1) is 5.69 Å². The van der Waals surface area contributed by atoms with Crippen LogP contribution in [0.5, 0.6) is 0 Å². The standard InChI is InChI=1S/C18H19FN2O2S/c19-14-1-2-16(15(9-14)13-5-8-24-11-13)20-18(22)23-17-10-21-6-3-12(17)4-7-21/h1-2,5,8-9,11-12,17H,3-4,6-7,10H2,(H,20,22). The van der Waals surface area contributed by atoms with Crippen LogP contribution in [0.1, 0.15) is 12.8 Å². The Bertz CT molecular complexity index is 727. The van der Waals surface area contributed by atoms with Gasteiger partial charge >= 0.3 is 6.09 Å². The van der Waals surface area contributed by atoms with Crippen molar-refractivity contribution in [3.8, 4) is 11.1 Å². The molecule has 1 unspecified atom stereocenters. The molecule has 3 aliphatic heterocycles. The van der Waals surface area contributed by atoms with Gasteiger partial charge in [-0.2, -0.15) is 11.3 Å². The predicted molar refractivity (Wildman–Crippen MR) is 92.8 cm³/mol. The first-order valence-electron chi connectivity index (χ1n) is 8.21. The minimum absolute atomic E-state index is 0.0439. The number of benzene rings is 1. The van der Waals surface area contributed by atoms with Gasteiger partial charge < -0.3 is 4.74 Å². The summed E-state index contributed by atoms with van der Waals surface area (Å²) in [6.45, 7) is 3.03. The Labute approximate surface area is 144 Å². The number of rotatable bonds is 3. The van der Waals surface area contributed by atoms with E-state index in [0.717, 1.165) is 38.0 Å². The van der Waals surface area contributed by atoms with E-state index < -0.39 is 6.09 Å². The first-order valence-corrected chi connectivity index (χ1v) is 9.15. The molecule has 3 aliphatic rings. The van der Waals surface area contributed by atoms with Gasteiger partial charge in [-0.05, 0) is 72.4 Å². The van der Waals surface area contributed by atoms with Gasteiger partial charge in [-0.15, -0.1) is 0 Å². The number of carbonyl (C=O) groups excluding carboxylic acids is 1. The minimum atomic E-state index is -0.461. The molecule has 0 aliphatic carbocycles. The summed E-state index contributed by atoms with van der Waals surface area (Å²) < 4.78 is 19.3. The quantitative estimate of drug-likeness (QED) is 0.906. The Balaban J connectivity index is 1.48. The fourth-order valence-corrected chi connectivity index (χ4v) is 4.26. The molecule has 4 nitrogen and oxygen atoms in total. The zero-order valence-electron chi connectivity index (χ0n) is 13.2. The van der Waals surface area contributed by atoms with E-state index in [9.17, 15) is 9.18 Å². The topological polar surface area (TPSA) is 41.6 Å². The van der Waals surface area contributed by atoms with Crippen LogP contribution in [-0.4, -0.2) is 36.7 Å². The van der Waals surface area contributed by atoms with E-state index in [1.54, 1.807) is 6.07 Å². The molecule has 6 heteroatoms. The molecular formula is C18H19FN2O2S. The van der Waals surface area contributed by atoms with E-state index >= 15 is 0 Å². The van der Waals surface area contributed by atoms with Crippen LogP contribution in [0, 0.1) is 11.7 Å². The molecule has 3 fully saturated rings. The van der Waals surface area contributed by atoms with Crippen molar-refractivity contribution in [3.05, 3.63) is 40.8 Å². The van der Waals surface area contributed by atoms with Gasteiger partial charge in [-0.1, -0.05) is 0 Å². The highest BCUT2D eigenvalue weighted by molar-refractivity contribution is 7.08. The van der Waals surface area contributed by atoms with Crippen molar-refractivity contribution < 1.29 is 13.9 Å². The molecule has 5 rings (SSSR count). The highest BCUT2D eigenvalue weighted by Crippen LogP contribution is 2.32. The number of ether oxygens (including phenoxy) is 1. The van der Waals surface area contributed by atoms with Gasteiger partial charge in [0.2, 0.25) is 0 Å². The maximum Gasteiger partial charge on any atom is 0.411 e. The second-order valence-corrected chi connectivity index (χ2v) is 7.19. The Morgan fingerprint density at radius 1 is 1.29 bits per heavy atom. The largest absolute Gasteiger partial charge is 0.444 e. The Morgan fingerprint density at radius 2 is 2.12 bits per heavy atom. The van der Waals surface area contributed by atoms with Crippen molar-refractivity contribution in [2.24, 2.45) is 5.92 Å². The molecule has 4 heterocycles. The van der Waals surface area contributed by atoms with Crippen LogP contribution < -0.4 is 5.32 Å². The number of halogens is 1. The van der Waals surface area contributed by atoms with Crippen LogP contribution in [0.2, 0.25) is 0 Å². The van der Waals surface area contributed by atoms with Crippen molar-refractivity contribution in [2.45, 2.75) is 18.9 Å². The second kappa shape index (κ2) is 6.53. The van der Waals surface area contributed by atoms with Crippen LogP contribution in [-0.2, 0) is 4.74 Å². The lowest BCUT2D eigenvalue weighted by molar-refractivity contribution is -0.0289. The molecule has 0 spiro atoms. The number of hydrogen-bond acceptors (Lipinski definition) is 4. The van der Waals surface area contributed by atoms with Gasteiger partial charge in [-0.3, -0.25) is 10.2 Å². The molecule has 0 saturated carbocycles. The number of piperidine rings is 3. The van der Waals surface area contributed by atoms with Gasteiger partial charge in [0, 0.05) is 12.1 Å². The summed E-state index contributed by atoms with van der Waals surface area (Å²) in [5, 5.41) is 6.65. The minimum Gasteiger partial charge on any atom is -0.444 e. The van der Waals surface area contributed by atoms with Gasteiger partial charge in [0.15, 0.2) is 0 Å². The number of anilines is 1. The number of nitrogens with one attached hydrogen (secondary N) is 1. The molecule has 1 amide bonds. The zero-order chi connectivity index (χ0) is 16.5. The fourth-order valence-electron chi connectivity index (χ4n) is 3.60. The number of hydrogen-bond donors (Lipinski definition) is 1. The highest BCUT2D eigenvalue weighted by atomic mass is 32.1. The van der Waals surface area contributed by atoms with E-state index in [0.29, 0.717) is 17.2 Å². The van der Waals surface area contributed by atoms with E-state index in [1.165, 1.54) is 23.5 Å². The number of fused-ring (bicyclic) bond motifs is 3. The van der Waals surface area contributed by atoms with Gasteiger partial charge in [0.25, 0.3) is 0 Å². The van der Waals surface area contributed by atoms with Crippen LogP contribution in [0.15, 0.2) is 35.0 Å². The maximum atomic E-state index is 13.6. The van der Waals surface area contributed by atoms with Crippen LogP contribution in [0.3, 0.4) is 0 Å². The van der Waals surface area contributed by atoms with Gasteiger partial charge in [0.1, 0.15) is 11.9 Å². The van der Waals surface area contributed by atoms with E-state index in [-0.39, 0.29) is 11.9 Å². The smallest absolute Gasteiger partial charge is 0.411 e. The maximum absolute atomic E-state index is 13.6. The van der Waals surface area contributed by atoms with E-state index in [4.69, 9.17) is 4.74 Å². The number of carbonyl (C=O) groups is 1. The summed E-state index contributed by atoms with van der Waals surface area (Å²) in [4.78, 5) is 14.7. The lowest BCUT2D eigenvalue weighted by Crippen LogP contribution is -2.52. The van der Waals surface area contributed by atoms with Crippen LogP contribution in [0.4, 0.5) is 14.9 Å². The molecule has 3 saturated heterocycles. The molecule has 1 atom stereocenters. The highest BCUT2D eigenvalue weighted by Gasteiger charge is 2.36. The first kappa shape index (κ1) is 15.6. The monoisotopic (exact) mass is 346 g/mol.